The first-order valence-electron chi connectivity index (χ1n) is 8.79. The van der Waals surface area contributed by atoms with Gasteiger partial charge in [-0.15, -0.1) is 0 Å². The molecule has 0 bridgehead atoms. The monoisotopic (exact) mass is 357 g/mol. The maximum Gasteiger partial charge on any atom is 0.296 e. The zero-order valence-corrected chi connectivity index (χ0v) is 15.1. The molecule has 0 heterocycles. The van der Waals surface area contributed by atoms with Crippen molar-refractivity contribution < 1.29 is 9.18 Å². The molecule has 3 aromatic rings. The summed E-state index contributed by atoms with van der Waals surface area (Å²) in [4.78, 5) is 12.2. The van der Waals surface area contributed by atoms with E-state index in [1.54, 1.807) is 19.1 Å². The van der Waals surface area contributed by atoms with Crippen molar-refractivity contribution in [2.45, 2.75) is 12.8 Å². The molecule has 27 heavy (non-hydrogen) atoms. The van der Waals surface area contributed by atoms with Gasteiger partial charge in [0.2, 0.25) is 0 Å². The van der Waals surface area contributed by atoms with E-state index in [1.807, 2.05) is 36.4 Å². The van der Waals surface area contributed by atoms with Gasteiger partial charge in [-0.2, -0.15) is 0 Å². The van der Waals surface area contributed by atoms with Crippen molar-refractivity contribution in [3.8, 4) is 11.8 Å². The smallest absolute Gasteiger partial charge is 0.296 e. The molecule has 0 atom stereocenters. The quantitative estimate of drug-likeness (QED) is 0.688. The van der Waals surface area contributed by atoms with Crippen LogP contribution in [0.5, 0.6) is 0 Å². The number of hydrogen-bond acceptors (Lipinski definition) is 1. The molecule has 134 valence electrons. The molecular formula is C24H20FNO. The third-order valence-electron chi connectivity index (χ3n) is 4.35. The van der Waals surface area contributed by atoms with Crippen LogP contribution in [-0.4, -0.2) is 12.5 Å². The highest BCUT2D eigenvalue weighted by Gasteiger charge is 2.14. The summed E-state index contributed by atoms with van der Waals surface area (Å²) in [6.45, 7) is 2.12. The molecule has 0 aromatic heterocycles. The molecule has 0 radical (unpaired) electrons. The molecule has 3 aromatic carbocycles. The normalized spacial score (nSPS) is 10.2. The summed E-state index contributed by atoms with van der Waals surface area (Å²) in [5.74, 6) is 4.78. The van der Waals surface area contributed by atoms with Gasteiger partial charge in [-0.05, 0) is 41.8 Å². The average Bonchev–Trinajstić information content (AvgIpc) is 2.71. The van der Waals surface area contributed by atoms with Crippen molar-refractivity contribution in [2.24, 2.45) is 0 Å². The van der Waals surface area contributed by atoms with Crippen LogP contribution in [0.4, 0.5) is 4.39 Å². The number of hydrogen-bond donors (Lipinski definition) is 1. The Morgan fingerprint density at radius 1 is 0.963 bits per heavy atom. The molecule has 3 heteroatoms. The summed E-state index contributed by atoms with van der Waals surface area (Å²) in [7, 11) is 0. The summed E-state index contributed by atoms with van der Waals surface area (Å²) in [6, 6.07) is 24.7. The fraction of sp³-hybridized carbons (Fsp3) is 0.125. The predicted molar refractivity (Wildman–Crippen MR) is 106 cm³/mol. The molecule has 1 N–H and O–H groups in total. The van der Waals surface area contributed by atoms with Crippen LogP contribution in [0.15, 0.2) is 78.9 Å². The van der Waals surface area contributed by atoms with Gasteiger partial charge in [-0.1, -0.05) is 66.6 Å². The lowest BCUT2D eigenvalue weighted by Crippen LogP contribution is -2.27. The van der Waals surface area contributed by atoms with E-state index in [1.165, 1.54) is 6.07 Å². The number of rotatable bonds is 4. The Hall–Kier alpha value is -3.38. The zero-order chi connectivity index (χ0) is 19.1. The van der Waals surface area contributed by atoms with Gasteiger partial charge in [-0.3, -0.25) is 4.79 Å². The van der Waals surface area contributed by atoms with Crippen molar-refractivity contribution in [2.75, 3.05) is 6.54 Å². The van der Waals surface area contributed by atoms with Crippen LogP contribution in [-0.2, 0) is 4.79 Å². The number of benzene rings is 3. The van der Waals surface area contributed by atoms with Crippen LogP contribution in [0, 0.1) is 24.6 Å². The molecule has 0 saturated heterocycles. The van der Waals surface area contributed by atoms with E-state index in [4.69, 9.17) is 0 Å². The van der Waals surface area contributed by atoms with E-state index in [-0.39, 0.29) is 17.6 Å². The number of amides is 1. The summed E-state index contributed by atoms with van der Waals surface area (Å²) >= 11 is 0. The van der Waals surface area contributed by atoms with E-state index in [9.17, 15) is 9.18 Å². The van der Waals surface area contributed by atoms with E-state index >= 15 is 0 Å². The number of halogens is 1. The molecular weight excluding hydrogens is 337 g/mol. The van der Waals surface area contributed by atoms with E-state index < -0.39 is 0 Å². The fourth-order valence-electron chi connectivity index (χ4n) is 2.89. The molecule has 0 saturated carbocycles. The van der Waals surface area contributed by atoms with Crippen LogP contribution in [0.25, 0.3) is 0 Å². The second kappa shape index (κ2) is 8.82. The summed E-state index contributed by atoms with van der Waals surface area (Å²) in [5, 5.41) is 2.89. The Morgan fingerprint density at radius 3 is 2.11 bits per heavy atom. The second-order valence-corrected chi connectivity index (χ2v) is 6.30. The first-order valence-corrected chi connectivity index (χ1v) is 8.79. The Balaban J connectivity index is 1.71. The predicted octanol–water partition coefficient (Wildman–Crippen LogP) is 4.43. The number of aryl methyl sites for hydroxylation is 1. The third kappa shape index (κ3) is 5.05. The zero-order valence-electron chi connectivity index (χ0n) is 15.1. The maximum atomic E-state index is 13.3. The number of carbonyl (C=O) groups is 1. The largest absolute Gasteiger partial charge is 0.344 e. The van der Waals surface area contributed by atoms with Crippen LogP contribution in [0.2, 0.25) is 0 Å². The summed E-state index contributed by atoms with van der Waals surface area (Å²) in [5.41, 5.74) is 3.39. The highest BCUT2D eigenvalue weighted by molar-refractivity contribution is 5.94. The third-order valence-corrected chi connectivity index (χ3v) is 4.35. The van der Waals surface area contributed by atoms with Crippen molar-refractivity contribution >= 4 is 5.91 Å². The van der Waals surface area contributed by atoms with Crippen molar-refractivity contribution in [1.29, 1.82) is 0 Å². The molecule has 0 aliphatic heterocycles. The number of carbonyl (C=O) groups excluding carboxylic acids is 1. The minimum absolute atomic E-state index is 0.0474. The van der Waals surface area contributed by atoms with E-state index in [0.717, 1.165) is 11.1 Å². The standard InChI is InChI=1S/C24H20FNO/c1-18-16-19(12-14-23(18)25)13-15-24(27)26-17-22(20-8-4-2-5-9-20)21-10-6-3-7-11-21/h2-12,14,16,22H,17H2,1H3,(H,26,27). The molecule has 0 unspecified atom stereocenters. The van der Waals surface area contributed by atoms with Gasteiger partial charge in [0.25, 0.3) is 5.91 Å². The molecule has 2 nitrogen and oxygen atoms in total. The Labute approximate surface area is 159 Å². The van der Waals surface area contributed by atoms with Crippen LogP contribution in [0.3, 0.4) is 0 Å². The summed E-state index contributed by atoms with van der Waals surface area (Å²) in [6.07, 6.45) is 0. The Morgan fingerprint density at radius 2 is 1.56 bits per heavy atom. The van der Waals surface area contributed by atoms with Crippen molar-refractivity contribution in [3.05, 3.63) is 107 Å². The van der Waals surface area contributed by atoms with Crippen molar-refractivity contribution in [3.63, 3.8) is 0 Å². The molecule has 0 aliphatic carbocycles. The number of nitrogens with one attached hydrogen (secondary N) is 1. The molecule has 0 spiro atoms. The topological polar surface area (TPSA) is 29.1 Å². The maximum absolute atomic E-state index is 13.3. The lowest BCUT2D eigenvalue weighted by atomic mass is 9.91. The highest BCUT2D eigenvalue weighted by Crippen LogP contribution is 2.23. The molecule has 1 amide bonds. The van der Waals surface area contributed by atoms with Crippen LogP contribution >= 0.6 is 0 Å². The molecule has 3 rings (SSSR count). The van der Waals surface area contributed by atoms with Crippen molar-refractivity contribution in [1.82, 2.24) is 5.32 Å². The first-order chi connectivity index (χ1) is 13.1. The van der Waals surface area contributed by atoms with Gasteiger partial charge >= 0.3 is 0 Å². The lowest BCUT2D eigenvalue weighted by molar-refractivity contribution is -0.115. The van der Waals surface area contributed by atoms with E-state index in [2.05, 4.69) is 41.4 Å². The molecule has 0 fully saturated rings. The minimum Gasteiger partial charge on any atom is -0.344 e. The van der Waals surface area contributed by atoms with Crippen LogP contribution in [0.1, 0.15) is 28.2 Å². The van der Waals surface area contributed by atoms with Gasteiger partial charge in [0, 0.05) is 23.9 Å². The second-order valence-electron chi connectivity index (χ2n) is 6.30. The van der Waals surface area contributed by atoms with Gasteiger partial charge in [0.05, 0.1) is 0 Å². The fourth-order valence-corrected chi connectivity index (χ4v) is 2.89. The minimum atomic E-state index is -0.353. The highest BCUT2D eigenvalue weighted by atomic mass is 19.1. The van der Waals surface area contributed by atoms with Gasteiger partial charge in [0.1, 0.15) is 5.82 Å². The molecule has 0 aliphatic rings. The SMILES string of the molecule is Cc1cc(C#CC(=O)NCC(c2ccccc2)c2ccccc2)ccc1F. The Kier molecular flexibility index (Phi) is 6.02. The first kappa shape index (κ1) is 18.4. The lowest BCUT2D eigenvalue weighted by Gasteiger charge is -2.18. The van der Waals surface area contributed by atoms with Crippen LogP contribution < -0.4 is 5.32 Å². The summed E-state index contributed by atoms with van der Waals surface area (Å²) < 4.78 is 13.3. The Bertz CT molecular complexity index is 932. The van der Waals surface area contributed by atoms with Gasteiger partial charge in [-0.25, -0.2) is 4.39 Å². The average molecular weight is 357 g/mol. The van der Waals surface area contributed by atoms with Gasteiger partial charge < -0.3 is 5.32 Å². The van der Waals surface area contributed by atoms with Gasteiger partial charge in [0.15, 0.2) is 0 Å². The van der Waals surface area contributed by atoms with E-state index in [0.29, 0.717) is 17.7 Å².